The molecule has 2 heterocycles. The summed E-state index contributed by atoms with van der Waals surface area (Å²) < 4.78 is 2.17. The summed E-state index contributed by atoms with van der Waals surface area (Å²) in [6, 6.07) is 24.2. The highest BCUT2D eigenvalue weighted by Gasteiger charge is 2.11. The van der Waals surface area contributed by atoms with Gasteiger partial charge in [-0.05, 0) is 41.0 Å². The molecule has 0 aliphatic heterocycles. The number of hydrogen-bond donors (Lipinski definition) is 2. The summed E-state index contributed by atoms with van der Waals surface area (Å²) in [6.45, 7) is 0.714. The van der Waals surface area contributed by atoms with E-state index >= 15 is 0 Å². The van der Waals surface area contributed by atoms with Crippen molar-refractivity contribution in [1.82, 2.24) is 14.5 Å². The van der Waals surface area contributed by atoms with E-state index in [1.54, 1.807) is 0 Å². The third kappa shape index (κ3) is 2.90. The van der Waals surface area contributed by atoms with E-state index < -0.39 is 0 Å². The molecule has 30 heavy (non-hydrogen) atoms. The van der Waals surface area contributed by atoms with Crippen molar-refractivity contribution in [3.63, 3.8) is 0 Å². The molecule has 0 aliphatic carbocycles. The first-order valence-corrected chi connectivity index (χ1v) is 9.53. The molecule has 0 radical (unpaired) electrons. The van der Waals surface area contributed by atoms with Crippen LogP contribution >= 0.6 is 0 Å². The van der Waals surface area contributed by atoms with E-state index in [1.165, 1.54) is 0 Å². The zero-order valence-corrected chi connectivity index (χ0v) is 16.1. The predicted octanol–water partition coefficient (Wildman–Crippen LogP) is 4.34. The monoisotopic (exact) mass is 390 g/mol. The molecule has 0 aliphatic rings. The van der Waals surface area contributed by atoms with Crippen molar-refractivity contribution in [2.75, 3.05) is 11.5 Å². The molecule has 3 aromatic carbocycles. The van der Waals surface area contributed by atoms with E-state index in [-0.39, 0.29) is 5.95 Å². The summed E-state index contributed by atoms with van der Waals surface area (Å²) >= 11 is 0. The van der Waals surface area contributed by atoms with Crippen LogP contribution in [0.2, 0.25) is 0 Å². The number of hydrogen-bond acceptors (Lipinski definition) is 5. The minimum Gasteiger partial charge on any atom is -0.383 e. The number of nitriles is 1. The van der Waals surface area contributed by atoms with Crippen LogP contribution in [0.25, 0.3) is 32.9 Å². The molecule has 6 heteroatoms. The lowest BCUT2D eigenvalue weighted by Gasteiger charge is -2.09. The van der Waals surface area contributed by atoms with Crippen LogP contribution in [0.3, 0.4) is 0 Å². The Morgan fingerprint density at radius 1 is 0.867 bits per heavy atom. The van der Waals surface area contributed by atoms with Gasteiger partial charge in [-0.15, -0.1) is 0 Å². The molecule has 0 spiro atoms. The van der Waals surface area contributed by atoms with Crippen molar-refractivity contribution in [1.29, 1.82) is 5.26 Å². The van der Waals surface area contributed by atoms with Crippen LogP contribution in [0.15, 0.2) is 72.9 Å². The average molecular weight is 390 g/mol. The van der Waals surface area contributed by atoms with Crippen LogP contribution < -0.4 is 11.5 Å². The minimum atomic E-state index is 0.175. The van der Waals surface area contributed by atoms with Crippen molar-refractivity contribution in [2.24, 2.45) is 0 Å². The molecule has 0 amide bonds. The fourth-order valence-electron chi connectivity index (χ4n) is 3.86. The summed E-state index contributed by atoms with van der Waals surface area (Å²) in [5.41, 5.74) is 17.4. The highest BCUT2D eigenvalue weighted by molar-refractivity contribution is 6.07. The molecule has 0 saturated heterocycles. The van der Waals surface area contributed by atoms with Gasteiger partial charge in [0.1, 0.15) is 5.82 Å². The highest BCUT2D eigenvalue weighted by Crippen LogP contribution is 2.29. The molecule has 2 aromatic heterocycles. The van der Waals surface area contributed by atoms with Crippen LogP contribution in [0, 0.1) is 11.3 Å². The Bertz CT molecular complexity index is 1440. The zero-order chi connectivity index (χ0) is 20.7. The summed E-state index contributed by atoms with van der Waals surface area (Å²) in [7, 11) is 0. The van der Waals surface area contributed by atoms with Crippen molar-refractivity contribution < 1.29 is 0 Å². The summed E-state index contributed by atoms with van der Waals surface area (Å²) in [5, 5.41) is 11.1. The lowest BCUT2D eigenvalue weighted by molar-refractivity contribution is 0.837. The molecule has 5 aromatic rings. The fourth-order valence-corrected chi connectivity index (χ4v) is 3.86. The summed E-state index contributed by atoms with van der Waals surface area (Å²) in [6.07, 6.45) is 2.04. The number of anilines is 2. The Morgan fingerprint density at radius 3 is 2.47 bits per heavy atom. The summed E-state index contributed by atoms with van der Waals surface area (Å²) in [5.74, 6) is 0.564. The van der Waals surface area contributed by atoms with E-state index in [9.17, 15) is 5.26 Å². The second-order valence-electron chi connectivity index (χ2n) is 7.16. The van der Waals surface area contributed by atoms with Gasteiger partial charge in [-0.2, -0.15) is 10.2 Å². The Morgan fingerprint density at radius 2 is 1.67 bits per heavy atom. The smallest absolute Gasteiger partial charge is 0.222 e. The predicted molar refractivity (Wildman–Crippen MR) is 120 cm³/mol. The van der Waals surface area contributed by atoms with Gasteiger partial charge >= 0.3 is 0 Å². The lowest BCUT2D eigenvalue weighted by atomic mass is 9.99. The lowest BCUT2D eigenvalue weighted by Crippen LogP contribution is -2.01. The Labute approximate surface area is 173 Å². The van der Waals surface area contributed by atoms with Crippen LogP contribution in [0.1, 0.15) is 11.1 Å². The number of aromatic nitrogens is 3. The van der Waals surface area contributed by atoms with Crippen molar-refractivity contribution in [3.05, 3.63) is 84.1 Å². The van der Waals surface area contributed by atoms with Gasteiger partial charge in [-0.25, -0.2) is 4.98 Å². The van der Waals surface area contributed by atoms with Gasteiger partial charge < -0.3 is 16.0 Å². The number of rotatable bonds is 3. The topological polar surface area (TPSA) is 107 Å². The summed E-state index contributed by atoms with van der Waals surface area (Å²) in [4.78, 5) is 8.44. The maximum absolute atomic E-state index is 9.34. The SMILES string of the molecule is N#Cc1ccccc1-c1ccc(Cn2ccc3c4nc(N)nc(N)c4ccc32)cc1. The van der Waals surface area contributed by atoms with Gasteiger partial charge in [0.15, 0.2) is 0 Å². The molecule has 0 bridgehead atoms. The van der Waals surface area contributed by atoms with Gasteiger partial charge in [-0.3, -0.25) is 0 Å². The number of nitrogens with zero attached hydrogens (tertiary/aromatic N) is 4. The Kier molecular flexibility index (Phi) is 4.08. The molecular formula is C24H18N6. The Balaban J connectivity index is 1.50. The van der Waals surface area contributed by atoms with Gasteiger partial charge in [0.25, 0.3) is 0 Å². The van der Waals surface area contributed by atoms with E-state index in [0.717, 1.165) is 38.5 Å². The maximum Gasteiger partial charge on any atom is 0.222 e. The van der Waals surface area contributed by atoms with Gasteiger partial charge in [0.2, 0.25) is 5.95 Å². The number of nitrogens with two attached hydrogens (primary N) is 2. The third-order valence-corrected chi connectivity index (χ3v) is 5.33. The minimum absolute atomic E-state index is 0.175. The third-order valence-electron chi connectivity index (χ3n) is 5.33. The normalized spacial score (nSPS) is 11.0. The van der Waals surface area contributed by atoms with E-state index in [0.29, 0.717) is 17.9 Å². The second-order valence-corrected chi connectivity index (χ2v) is 7.16. The van der Waals surface area contributed by atoms with Crippen LogP contribution in [0.5, 0.6) is 0 Å². The van der Waals surface area contributed by atoms with Crippen LogP contribution in [-0.2, 0) is 6.54 Å². The first kappa shape index (κ1) is 17.7. The molecule has 0 unspecified atom stereocenters. The Hall–Kier alpha value is -4.37. The number of benzene rings is 3. The van der Waals surface area contributed by atoms with Crippen molar-refractivity contribution >= 4 is 33.6 Å². The second kappa shape index (κ2) is 6.90. The average Bonchev–Trinajstić information content (AvgIpc) is 3.17. The molecule has 144 valence electrons. The first-order valence-electron chi connectivity index (χ1n) is 9.53. The van der Waals surface area contributed by atoms with Crippen molar-refractivity contribution in [2.45, 2.75) is 6.54 Å². The molecule has 0 atom stereocenters. The van der Waals surface area contributed by atoms with Gasteiger partial charge in [-0.1, -0.05) is 42.5 Å². The van der Waals surface area contributed by atoms with E-state index in [2.05, 4.69) is 44.9 Å². The standard InChI is InChI=1S/C24H18N6/c25-13-17-3-1-2-4-18(17)16-7-5-15(6-8-16)14-30-12-11-19-21(30)10-9-20-22(19)28-24(27)29-23(20)26/h1-12H,14H2,(H4,26,27,28,29). The molecule has 6 nitrogen and oxygen atoms in total. The molecule has 0 saturated carbocycles. The van der Waals surface area contributed by atoms with Crippen molar-refractivity contribution in [3.8, 4) is 17.2 Å². The van der Waals surface area contributed by atoms with Gasteiger partial charge in [0, 0.05) is 23.5 Å². The number of fused-ring (bicyclic) bond motifs is 3. The van der Waals surface area contributed by atoms with Crippen LogP contribution in [0.4, 0.5) is 11.8 Å². The molecule has 5 rings (SSSR count). The zero-order valence-electron chi connectivity index (χ0n) is 16.1. The van der Waals surface area contributed by atoms with Crippen LogP contribution in [-0.4, -0.2) is 14.5 Å². The first-order chi connectivity index (χ1) is 14.6. The van der Waals surface area contributed by atoms with Gasteiger partial charge in [0.05, 0.1) is 22.7 Å². The fraction of sp³-hybridized carbons (Fsp3) is 0.0417. The van der Waals surface area contributed by atoms with E-state index in [1.807, 2.05) is 48.7 Å². The molecular weight excluding hydrogens is 372 g/mol. The maximum atomic E-state index is 9.34. The largest absolute Gasteiger partial charge is 0.383 e. The molecule has 4 N–H and O–H groups in total. The number of nitrogen functional groups attached to an aromatic ring is 2. The highest BCUT2D eigenvalue weighted by atomic mass is 15.0. The molecule has 0 fully saturated rings. The quantitative estimate of drug-likeness (QED) is 0.477. The van der Waals surface area contributed by atoms with E-state index in [4.69, 9.17) is 11.5 Å².